The van der Waals surface area contributed by atoms with Crippen LogP contribution in [0.3, 0.4) is 0 Å². The van der Waals surface area contributed by atoms with E-state index >= 15 is 0 Å². The average Bonchev–Trinajstić information content (AvgIpc) is 2.78. The van der Waals surface area contributed by atoms with Crippen LogP contribution >= 0.6 is 0 Å². The van der Waals surface area contributed by atoms with Gasteiger partial charge in [-0.05, 0) is 49.3 Å². The van der Waals surface area contributed by atoms with Crippen LogP contribution in [0, 0.1) is 11.8 Å². The number of cyclic esters (lactones) is 1. The summed E-state index contributed by atoms with van der Waals surface area (Å²) in [4.78, 5) is 29.5. The molecule has 0 bridgehead atoms. The molecule has 152 valence electrons. The van der Waals surface area contributed by atoms with Crippen LogP contribution in [0.4, 0.5) is 4.39 Å². The molecule has 0 spiro atoms. The van der Waals surface area contributed by atoms with Crippen molar-refractivity contribution in [2.45, 2.75) is 58.4 Å². The maximum Gasteiger partial charge on any atom is 0.340 e. The molecule has 5 rings (SSSR count). The van der Waals surface area contributed by atoms with Crippen LogP contribution in [0.25, 0.3) is 0 Å². The van der Waals surface area contributed by atoms with Crippen LogP contribution < -0.4 is 5.56 Å². The molecule has 2 unspecified atom stereocenters. The Morgan fingerprint density at radius 2 is 2.14 bits per heavy atom. The van der Waals surface area contributed by atoms with Gasteiger partial charge in [0.2, 0.25) is 0 Å². The number of esters is 1. The van der Waals surface area contributed by atoms with E-state index in [1.54, 1.807) is 16.7 Å². The lowest BCUT2D eigenvalue weighted by Gasteiger charge is -2.35. The minimum atomic E-state index is -1.46. The van der Waals surface area contributed by atoms with Crippen molar-refractivity contribution in [2.75, 3.05) is 0 Å². The first kappa shape index (κ1) is 18.5. The van der Waals surface area contributed by atoms with Gasteiger partial charge in [0.05, 0.1) is 17.8 Å². The number of halogens is 1. The number of fused-ring (bicyclic) bond motifs is 2. The number of aliphatic hydroxyl groups is 1. The summed E-state index contributed by atoms with van der Waals surface area (Å²) in [5, 5.41) is 10.2. The molecule has 3 atom stereocenters. The first-order valence-corrected chi connectivity index (χ1v) is 10.2. The van der Waals surface area contributed by atoms with Gasteiger partial charge < -0.3 is 14.4 Å². The first-order chi connectivity index (χ1) is 14.0. The standard InChI is InChI=1S/C22H23FN2O4/c1-11-14-4-2-3-12-5-6-25-13(9-24-18(19(12)14)8-17(11)23)7-15-16(21(25)27)10-29-22(28)20(15)26/h7-8,11,14,20,26H,2-6,9-10H2,1H3/t11?,14?,20-/m0/s1. The zero-order valence-electron chi connectivity index (χ0n) is 16.3. The van der Waals surface area contributed by atoms with Crippen LogP contribution in [0.5, 0.6) is 0 Å². The van der Waals surface area contributed by atoms with Crippen molar-refractivity contribution in [3.05, 3.63) is 56.3 Å². The van der Waals surface area contributed by atoms with Crippen LogP contribution in [-0.4, -0.2) is 21.4 Å². The maximum absolute atomic E-state index is 14.6. The Kier molecular flexibility index (Phi) is 4.31. The third-order valence-electron chi connectivity index (χ3n) is 6.78. The SMILES string of the molecule is CC1C(F)=CC2=NCc3cc4c(c(=O)n3CCC3=C2C1CCC3)COC(=O)[C@H]4O. The Bertz CT molecular complexity index is 1070. The highest BCUT2D eigenvalue weighted by Gasteiger charge is 2.36. The number of aliphatic imine (C=N–C) groups is 1. The average molecular weight is 398 g/mol. The van der Waals surface area contributed by atoms with Gasteiger partial charge in [-0.15, -0.1) is 0 Å². The fourth-order valence-electron chi connectivity index (χ4n) is 5.16. The van der Waals surface area contributed by atoms with E-state index in [1.807, 2.05) is 6.92 Å². The molecule has 0 aromatic carbocycles. The van der Waals surface area contributed by atoms with Crippen LogP contribution in [0.1, 0.15) is 55.5 Å². The molecule has 1 aromatic rings. The number of ether oxygens (including phenoxy) is 1. The molecule has 0 fully saturated rings. The molecule has 3 heterocycles. The smallest absolute Gasteiger partial charge is 0.340 e. The van der Waals surface area contributed by atoms with Crippen LogP contribution in [-0.2, 0) is 29.2 Å². The summed E-state index contributed by atoms with van der Waals surface area (Å²) < 4.78 is 21.2. The van der Waals surface area contributed by atoms with Gasteiger partial charge in [-0.2, -0.15) is 0 Å². The van der Waals surface area contributed by atoms with Crippen molar-refractivity contribution < 1.29 is 19.0 Å². The highest BCUT2D eigenvalue weighted by Crippen LogP contribution is 2.44. The topological polar surface area (TPSA) is 80.9 Å². The van der Waals surface area contributed by atoms with E-state index in [0.29, 0.717) is 35.5 Å². The largest absolute Gasteiger partial charge is 0.458 e. The predicted molar refractivity (Wildman–Crippen MR) is 104 cm³/mol. The third kappa shape index (κ3) is 2.82. The number of pyridine rings is 1. The number of hydrogen-bond acceptors (Lipinski definition) is 5. The summed E-state index contributed by atoms with van der Waals surface area (Å²) in [6.07, 6.45) is 3.70. The van der Waals surface area contributed by atoms with Gasteiger partial charge >= 0.3 is 5.97 Å². The lowest BCUT2D eigenvalue weighted by atomic mass is 9.70. The lowest BCUT2D eigenvalue weighted by Crippen LogP contribution is -2.34. The summed E-state index contributed by atoms with van der Waals surface area (Å²) in [6.45, 7) is 2.50. The zero-order chi connectivity index (χ0) is 20.3. The molecule has 1 aromatic heterocycles. The lowest BCUT2D eigenvalue weighted by molar-refractivity contribution is -0.157. The molecular weight excluding hydrogens is 375 g/mol. The number of aliphatic hydroxyl groups excluding tert-OH is 1. The van der Waals surface area contributed by atoms with Gasteiger partial charge in [0.1, 0.15) is 12.4 Å². The summed E-state index contributed by atoms with van der Waals surface area (Å²) in [5.74, 6) is -0.890. The van der Waals surface area contributed by atoms with Gasteiger partial charge in [0, 0.05) is 23.7 Å². The molecule has 0 saturated heterocycles. The van der Waals surface area contributed by atoms with E-state index < -0.39 is 12.1 Å². The van der Waals surface area contributed by atoms with Gasteiger partial charge in [0.25, 0.3) is 5.56 Å². The monoisotopic (exact) mass is 398 g/mol. The van der Waals surface area contributed by atoms with E-state index in [2.05, 4.69) is 0 Å². The number of aromatic nitrogens is 1. The summed E-state index contributed by atoms with van der Waals surface area (Å²) in [7, 11) is 0. The highest BCUT2D eigenvalue weighted by molar-refractivity contribution is 6.10. The summed E-state index contributed by atoms with van der Waals surface area (Å²) in [6, 6.07) is 1.68. The molecule has 1 N–H and O–H groups in total. The summed E-state index contributed by atoms with van der Waals surface area (Å²) >= 11 is 0. The minimum absolute atomic E-state index is 0.125. The number of carbonyl (C=O) groups excluding carboxylic acids is 1. The van der Waals surface area contributed by atoms with Crippen molar-refractivity contribution in [3.8, 4) is 0 Å². The van der Waals surface area contributed by atoms with E-state index in [9.17, 15) is 19.1 Å². The predicted octanol–water partition coefficient (Wildman–Crippen LogP) is 2.88. The Hall–Kier alpha value is -2.54. The van der Waals surface area contributed by atoms with Gasteiger partial charge in [-0.1, -0.05) is 12.5 Å². The van der Waals surface area contributed by atoms with E-state index in [-0.39, 0.29) is 36.4 Å². The zero-order valence-corrected chi connectivity index (χ0v) is 16.3. The first-order valence-electron chi connectivity index (χ1n) is 10.2. The maximum atomic E-state index is 14.6. The second-order valence-electron chi connectivity index (χ2n) is 8.32. The van der Waals surface area contributed by atoms with Gasteiger partial charge in [-0.25, -0.2) is 9.18 Å². The van der Waals surface area contributed by atoms with Gasteiger partial charge in [-0.3, -0.25) is 9.79 Å². The van der Waals surface area contributed by atoms with Crippen molar-refractivity contribution in [1.29, 1.82) is 0 Å². The molecule has 7 heteroatoms. The van der Waals surface area contributed by atoms with Crippen molar-refractivity contribution >= 4 is 11.7 Å². The fourth-order valence-corrected chi connectivity index (χ4v) is 5.16. The number of allylic oxidation sites excluding steroid dienone is 4. The fraction of sp³-hybridized carbons (Fsp3) is 0.500. The Morgan fingerprint density at radius 1 is 1.31 bits per heavy atom. The van der Waals surface area contributed by atoms with E-state index in [4.69, 9.17) is 9.73 Å². The molecule has 0 radical (unpaired) electrons. The molecule has 29 heavy (non-hydrogen) atoms. The molecule has 2 aliphatic carbocycles. The van der Waals surface area contributed by atoms with Crippen LogP contribution in [0.2, 0.25) is 0 Å². The number of hydrogen-bond donors (Lipinski definition) is 1. The number of carbonyl (C=O) groups is 1. The highest BCUT2D eigenvalue weighted by atomic mass is 19.1. The number of nitrogens with zero attached hydrogens (tertiary/aromatic N) is 2. The molecule has 0 saturated carbocycles. The molecule has 4 aliphatic rings. The normalized spacial score (nSPS) is 28.7. The van der Waals surface area contributed by atoms with Gasteiger partial charge in [0.15, 0.2) is 6.10 Å². The third-order valence-corrected chi connectivity index (χ3v) is 6.78. The van der Waals surface area contributed by atoms with Crippen molar-refractivity contribution in [3.63, 3.8) is 0 Å². The Balaban J connectivity index is 1.66. The Morgan fingerprint density at radius 3 is 2.97 bits per heavy atom. The molecule has 2 aliphatic heterocycles. The minimum Gasteiger partial charge on any atom is -0.458 e. The molecular formula is C22H23FN2O4. The van der Waals surface area contributed by atoms with Crippen molar-refractivity contribution in [1.82, 2.24) is 4.57 Å². The van der Waals surface area contributed by atoms with E-state index in [1.165, 1.54) is 5.57 Å². The second kappa shape index (κ2) is 6.76. The molecule has 6 nitrogen and oxygen atoms in total. The van der Waals surface area contributed by atoms with Crippen molar-refractivity contribution in [2.24, 2.45) is 16.8 Å². The van der Waals surface area contributed by atoms with E-state index in [0.717, 1.165) is 24.8 Å². The molecule has 0 amide bonds. The number of rotatable bonds is 0. The van der Waals surface area contributed by atoms with Crippen LogP contribution in [0.15, 0.2) is 38.9 Å². The Labute approximate surface area is 167 Å². The summed E-state index contributed by atoms with van der Waals surface area (Å²) in [5.41, 5.74) is 4.10. The second-order valence-corrected chi connectivity index (χ2v) is 8.32. The quantitative estimate of drug-likeness (QED) is 0.682.